The van der Waals surface area contributed by atoms with Crippen LogP contribution in [-0.2, 0) is 16.1 Å². The molecule has 0 N–H and O–H groups in total. The molecule has 2 aromatic carbocycles. The highest BCUT2D eigenvalue weighted by Crippen LogP contribution is 2.30. The molecule has 0 saturated carbocycles. The van der Waals surface area contributed by atoms with E-state index < -0.39 is 0 Å². The zero-order valence-corrected chi connectivity index (χ0v) is 15.4. The second-order valence-corrected chi connectivity index (χ2v) is 7.37. The van der Waals surface area contributed by atoms with E-state index in [2.05, 4.69) is 11.0 Å². The Kier molecular flexibility index (Phi) is 5.25. The van der Waals surface area contributed by atoms with Crippen LogP contribution in [0.15, 0.2) is 54.6 Å². The average molecular weight is 371 g/mol. The minimum Gasteiger partial charge on any atom is -0.366 e. The lowest BCUT2D eigenvalue weighted by Crippen LogP contribution is -2.54. The first-order valence-corrected chi connectivity index (χ1v) is 9.54. The molecule has 5 heteroatoms. The summed E-state index contributed by atoms with van der Waals surface area (Å²) in [6.07, 6.45) is 1.91. The number of benzene rings is 2. The number of amides is 1. The number of hydrogen-bond donors (Lipinski definition) is 0. The van der Waals surface area contributed by atoms with Gasteiger partial charge in [0.05, 0.1) is 12.1 Å². The molecule has 0 spiro atoms. The SMILES string of the molecule is O=C1CO[C@H]2CCN(Cc3ccccc3Cl)CC[C@@H]2N1c1ccccc1. The highest BCUT2D eigenvalue weighted by Gasteiger charge is 2.39. The van der Waals surface area contributed by atoms with Gasteiger partial charge in [-0.15, -0.1) is 0 Å². The summed E-state index contributed by atoms with van der Waals surface area (Å²) >= 11 is 6.32. The van der Waals surface area contributed by atoms with Crippen molar-refractivity contribution in [2.45, 2.75) is 31.5 Å². The Morgan fingerprint density at radius 1 is 1.00 bits per heavy atom. The van der Waals surface area contributed by atoms with Crippen LogP contribution in [0.3, 0.4) is 0 Å². The van der Waals surface area contributed by atoms with Gasteiger partial charge in [0.15, 0.2) is 0 Å². The van der Waals surface area contributed by atoms with E-state index in [-0.39, 0.29) is 24.7 Å². The van der Waals surface area contributed by atoms with Gasteiger partial charge >= 0.3 is 0 Å². The maximum absolute atomic E-state index is 12.5. The molecule has 2 aromatic rings. The number of carbonyl (C=O) groups is 1. The van der Waals surface area contributed by atoms with Crippen LogP contribution in [0.5, 0.6) is 0 Å². The zero-order valence-electron chi connectivity index (χ0n) is 14.7. The molecule has 0 unspecified atom stereocenters. The van der Waals surface area contributed by atoms with Gasteiger partial charge in [0.2, 0.25) is 0 Å². The summed E-state index contributed by atoms with van der Waals surface area (Å²) in [4.78, 5) is 16.9. The molecule has 4 rings (SSSR count). The first-order valence-electron chi connectivity index (χ1n) is 9.17. The Balaban J connectivity index is 1.51. The molecule has 26 heavy (non-hydrogen) atoms. The number of ether oxygens (including phenoxy) is 1. The van der Waals surface area contributed by atoms with Crippen molar-refractivity contribution >= 4 is 23.2 Å². The lowest BCUT2D eigenvalue weighted by atomic mass is 10.0. The Hall–Kier alpha value is -1.88. The van der Waals surface area contributed by atoms with E-state index >= 15 is 0 Å². The monoisotopic (exact) mass is 370 g/mol. The number of fused-ring (bicyclic) bond motifs is 1. The van der Waals surface area contributed by atoms with E-state index in [0.717, 1.165) is 48.7 Å². The van der Waals surface area contributed by atoms with E-state index in [1.54, 1.807) is 0 Å². The lowest BCUT2D eigenvalue weighted by molar-refractivity contribution is -0.132. The molecule has 1 amide bonds. The predicted molar refractivity (Wildman–Crippen MR) is 103 cm³/mol. The number of para-hydroxylation sites is 1. The van der Waals surface area contributed by atoms with Crippen LogP contribution in [0.1, 0.15) is 18.4 Å². The van der Waals surface area contributed by atoms with Crippen LogP contribution in [0.4, 0.5) is 5.69 Å². The van der Waals surface area contributed by atoms with Crippen LogP contribution in [0, 0.1) is 0 Å². The zero-order chi connectivity index (χ0) is 17.9. The molecule has 2 atom stereocenters. The van der Waals surface area contributed by atoms with Gasteiger partial charge in [-0.05, 0) is 36.6 Å². The van der Waals surface area contributed by atoms with Crippen LogP contribution < -0.4 is 4.90 Å². The minimum atomic E-state index is 0.0528. The highest BCUT2D eigenvalue weighted by molar-refractivity contribution is 6.31. The van der Waals surface area contributed by atoms with Gasteiger partial charge in [0.1, 0.15) is 6.61 Å². The smallest absolute Gasteiger partial charge is 0.253 e. The Bertz CT molecular complexity index is 768. The van der Waals surface area contributed by atoms with Crippen LogP contribution >= 0.6 is 11.6 Å². The number of carbonyl (C=O) groups excluding carboxylic acids is 1. The van der Waals surface area contributed by atoms with Crippen molar-refractivity contribution in [1.82, 2.24) is 4.90 Å². The van der Waals surface area contributed by atoms with Crippen molar-refractivity contribution in [3.8, 4) is 0 Å². The average Bonchev–Trinajstić information content (AvgIpc) is 2.87. The Morgan fingerprint density at radius 2 is 1.73 bits per heavy atom. The fraction of sp³-hybridized carbons (Fsp3) is 0.381. The molecule has 0 aliphatic carbocycles. The van der Waals surface area contributed by atoms with Gasteiger partial charge in [-0.25, -0.2) is 0 Å². The number of likely N-dealkylation sites (tertiary alicyclic amines) is 1. The summed E-state index contributed by atoms with van der Waals surface area (Å²) in [5.41, 5.74) is 2.12. The minimum absolute atomic E-state index is 0.0528. The van der Waals surface area contributed by atoms with Crippen molar-refractivity contribution in [3.63, 3.8) is 0 Å². The molecule has 2 heterocycles. The fourth-order valence-corrected chi connectivity index (χ4v) is 4.18. The van der Waals surface area contributed by atoms with Gasteiger partial charge in [0, 0.05) is 30.3 Å². The number of rotatable bonds is 3. The van der Waals surface area contributed by atoms with Gasteiger partial charge in [-0.3, -0.25) is 9.69 Å². The first kappa shape index (κ1) is 17.5. The third-order valence-corrected chi connectivity index (χ3v) is 5.68. The third-order valence-electron chi connectivity index (χ3n) is 5.31. The van der Waals surface area contributed by atoms with Gasteiger partial charge in [0.25, 0.3) is 5.91 Å². The molecular formula is C21H23ClN2O2. The molecule has 4 nitrogen and oxygen atoms in total. The van der Waals surface area contributed by atoms with E-state index in [4.69, 9.17) is 16.3 Å². The van der Waals surface area contributed by atoms with Crippen LogP contribution in [0.25, 0.3) is 0 Å². The largest absolute Gasteiger partial charge is 0.366 e. The van der Waals surface area contributed by atoms with Crippen molar-refractivity contribution in [1.29, 1.82) is 0 Å². The first-order chi connectivity index (χ1) is 12.7. The molecule has 0 aromatic heterocycles. The van der Waals surface area contributed by atoms with Gasteiger partial charge in [-0.1, -0.05) is 48.0 Å². The molecule has 136 valence electrons. The quantitative estimate of drug-likeness (QED) is 0.825. The highest BCUT2D eigenvalue weighted by atomic mass is 35.5. The number of nitrogens with zero attached hydrogens (tertiary/aromatic N) is 2. The fourth-order valence-electron chi connectivity index (χ4n) is 3.99. The summed E-state index contributed by atoms with van der Waals surface area (Å²) < 4.78 is 5.90. The van der Waals surface area contributed by atoms with Crippen molar-refractivity contribution in [2.75, 3.05) is 24.6 Å². The normalized spacial score (nSPS) is 24.2. The maximum Gasteiger partial charge on any atom is 0.253 e. The van der Waals surface area contributed by atoms with E-state index in [9.17, 15) is 4.79 Å². The summed E-state index contributed by atoms with van der Waals surface area (Å²) in [6, 6.07) is 18.0. The topological polar surface area (TPSA) is 32.8 Å². The molecule has 0 radical (unpaired) electrons. The van der Waals surface area contributed by atoms with Crippen molar-refractivity contribution in [3.05, 3.63) is 65.2 Å². The summed E-state index contributed by atoms with van der Waals surface area (Å²) in [7, 11) is 0. The van der Waals surface area contributed by atoms with E-state index in [1.165, 1.54) is 0 Å². The standard InChI is InChI=1S/C21H23ClN2O2/c22-18-9-5-4-6-16(18)14-23-12-10-19-20(11-13-23)26-15-21(25)24(19)17-7-2-1-3-8-17/h1-9,19-20H,10-15H2/t19-,20-/m0/s1. The summed E-state index contributed by atoms with van der Waals surface area (Å²) in [5, 5.41) is 0.812. The number of hydrogen-bond acceptors (Lipinski definition) is 3. The second-order valence-electron chi connectivity index (χ2n) is 6.96. The Labute approximate surface area is 159 Å². The third kappa shape index (κ3) is 3.63. The predicted octanol–water partition coefficient (Wildman–Crippen LogP) is 3.74. The van der Waals surface area contributed by atoms with Crippen molar-refractivity contribution in [2.24, 2.45) is 0 Å². The van der Waals surface area contributed by atoms with Crippen LogP contribution in [0.2, 0.25) is 5.02 Å². The molecule has 2 aliphatic heterocycles. The number of morpholine rings is 1. The summed E-state index contributed by atoms with van der Waals surface area (Å²) in [5.74, 6) is 0.0528. The second kappa shape index (κ2) is 7.78. The van der Waals surface area contributed by atoms with Gasteiger partial charge in [-0.2, -0.15) is 0 Å². The number of anilines is 1. The van der Waals surface area contributed by atoms with Crippen molar-refractivity contribution < 1.29 is 9.53 Å². The molecular weight excluding hydrogens is 348 g/mol. The Morgan fingerprint density at radius 3 is 2.54 bits per heavy atom. The molecule has 2 aliphatic rings. The molecule has 2 fully saturated rings. The van der Waals surface area contributed by atoms with Gasteiger partial charge < -0.3 is 9.64 Å². The van der Waals surface area contributed by atoms with E-state index in [0.29, 0.717) is 0 Å². The lowest BCUT2D eigenvalue weighted by Gasteiger charge is -2.40. The molecule has 0 bridgehead atoms. The van der Waals surface area contributed by atoms with E-state index in [1.807, 2.05) is 53.4 Å². The maximum atomic E-state index is 12.5. The number of halogens is 1. The molecule has 2 saturated heterocycles. The van der Waals surface area contributed by atoms with Crippen LogP contribution in [-0.4, -0.2) is 42.6 Å². The summed E-state index contributed by atoms with van der Waals surface area (Å²) in [6.45, 7) is 2.87.